The van der Waals surface area contributed by atoms with Gasteiger partial charge in [0.05, 0.1) is 0 Å². The van der Waals surface area contributed by atoms with Crippen LogP contribution in [0.25, 0.3) is 0 Å². The molecule has 1 unspecified atom stereocenters. The normalized spacial score (nSPS) is 19.3. The lowest BCUT2D eigenvalue weighted by molar-refractivity contribution is -0.134. The molecule has 0 radical (unpaired) electrons. The van der Waals surface area contributed by atoms with Crippen LogP contribution in [-0.2, 0) is 4.79 Å². The SMILES string of the molecule is CNC1CCCN(C(=O)COc2ccc(I)cc2)C1. The van der Waals surface area contributed by atoms with Crippen LogP contribution in [0.4, 0.5) is 0 Å². The Balaban J connectivity index is 1.82. The average Bonchev–Trinajstić information content (AvgIpc) is 2.46. The quantitative estimate of drug-likeness (QED) is 0.819. The minimum absolute atomic E-state index is 0.0681. The van der Waals surface area contributed by atoms with Crippen molar-refractivity contribution in [2.45, 2.75) is 18.9 Å². The van der Waals surface area contributed by atoms with Gasteiger partial charge in [-0.25, -0.2) is 0 Å². The highest BCUT2D eigenvalue weighted by Crippen LogP contribution is 2.14. The van der Waals surface area contributed by atoms with E-state index in [0.29, 0.717) is 6.04 Å². The van der Waals surface area contributed by atoms with Crippen molar-refractivity contribution in [2.24, 2.45) is 0 Å². The lowest BCUT2D eigenvalue weighted by Crippen LogP contribution is -2.48. The number of nitrogens with zero attached hydrogens (tertiary/aromatic N) is 1. The summed E-state index contributed by atoms with van der Waals surface area (Å²) in [4.78, 5) is 14.0. The van der Waals surface area contributed by atoms with E-state index in [4.69, 9.17) is 4.74 Å². The summed E-state index contributed by atoms with van der Waals surface area (Å²) >= 11 is 2.24. The predicted molar refractivity (Wildman–Crippen MR) is 83.3 cm³/mol. The lowest BCUT2D eigenvalue weighted by Gasteiger charge is -2.32. The van der Waals surface area contributed by atoms with Gasteiger partial charge >= 0.3 is 0 Å². The Morgan fingerprint density at radius 1 is 1.47 bits per heavy atom. The van der Waals surface area contributed by atoms with Gasteiger partial charge in [-0.2, -0.15) is 0 Å². The molecule has 0 spiro atoms. The molecule has 0 aromatic heterocycles. The Morgan fingerprint density at radius 2 is 2.21 bits per heavy atom. The smallest absolute Gasteiger partial charge is 0.260 e. The van der Waals surface area contributed by atoms with E-state index in [-0.39, 0.29) is 12.5 Å². The second-order valence-electron chi connectivity index (χ2n) is 4.71. The van der Waals surface area contributed by atoms with E-state index in [0.717, 1.165) is 35.3 Å². The van der Waals surface area contributed by atoms with Crippen molar-refractivity contribution >= 4 is 28.5 Å². The molecular weight excluding hydrogens is 355 g/mol. The van der Waals surface area contributed by atoms with Crippen LogP contribution in [0.5, 0.6) is 5.75 Å². The maximum Gasteiger partial charge on any atom is 0.260 e. The van der Waals surface area contributed by atoms with E-state index in [1.807, 2.05) is 36.2 Å². The standard InChI is InChI=1S/C14H19IN2O2/c1-16-12-3-2-8-17(9-12)14(18)10-19-13-6-4-11(15)5-7-13/h4-7,12,16H,2-3,8-10H2,1H3. The van der Waals surface area contributed by atoms with Crippen LogP contribution in [0.1, 0.15) is 12.8 Å². The third-order valence-electron chi connectivity index (χ3n) is 3.36. The first-order valence-corrected chi connectivity index (χ1v) is 7.60. The van der Waals surface area contributed by atoms with Crippen molar-refractivity contribution in [3.8, 4) is 5.75 Å². The monoisotopic (exact) mass is 374 g/mol. The van der Waals surface area contributed by atoms with E-state index < -0.39 is 0 Å². The van der Waals surface area contributed by atoms with Gasteiger partial charge in [0.1, 0.15) is 5.75 Å². The Bertz CT molecular complexity index is 422. The first kappa shape index (κ1) is 14.6. The molecule has 5 heteroatoms. The molecule has 1 aromatic carbocycles. The summed E-state index contributed by atoms with van der Waals surface area (Å²) in [6.45, 7) is 1.75. The number of halogens is 1. The summed E-state index contributed by atoms with van der Waals surface area (Å²) in [5.41, 5.74) is 0. The number of hydrogen-bond donors (Lipinski definition) is 1. The van der Waals surface area contributed by atoms with Crippen molar-refractivity contribution < 1.29 is 9.53 Å². The fraction of sp³-hybridized carbons (Fsp3) is 0.500. The predicted octanol–water partition coefficient (Wildman–Crippen LogP) is 1.88. The van der Waals surface area contributed by atoms with Crippen LogP contribution in [-0.4, -0.2) is 43.6 Å². The Kier molecular flexibility index (Phi) is 5.45. The van der Waals surface area contributed by atoms with Gasteiger partial charge in [-0.3, -0.25) is 4.79 Å². The largest absolute Gasteiger partial charge is 0.484 e. The molecule has 0 saturated carbocycles. The van der Waals surface area contributed by atoms with Crippen molar-refractivity contribution in [3.63, 3.8) is 0 Å². The second-order valence-corrected chi connectivity index (χ2v) is 5.96. The summed E-state index contributed by atoms with van der Waals surface area (Å²) in [6, 6.07) is 8.14. The van der Waals surface area contributed by atoms with Crippen LogP contribution in [0, 0.1) is 3.57 Å². The molecule has 1 amide bonds. The van der Waals surface area contributed by atoms with E-state index in [1.165, 1.54) is 0 Å². The first-order valence-electron chi connectivity index (χ1n) is 6.52. The maximum atomic E-state index is 12.1. The number of ether oxygens (including phenoxy) is 1. The molecule has 1 atom stereocenters. The molecular formula is C14H19IN2O2. The number of nitrogens with one attached hydrogen (secondary N) is 1. The van der Waals surface area contributed by atoms with Crippen LogP contribution in [0.3, 0.4) is 0 Å². The molecule has 1 heterocycles. The van der Waals surface area contributed by atoms with Gasteiger partial charge in [0, 0.05) is 22.7 Å². The zero-order chi connectivity index (χ0) is 13.7. The Morgan fingerprint density at radius 3 is 2.89 bits per heavy atom. The average molecular weight is 374 g/mol. The van der Waals surface area contributed by atoms with Gasteiger partial charge in [0.25, 0.3) is 5.91 Å². The van der Waals surface area contributed by atoms with Gasteiger partial charge in [0.15, 0.2) is 6.61 Å². The molecule has 1 aliphatic rings. The summed E-state index contributed by atoms with van der Waals surface area (Å²) in [5.74, 6) is 0.814. The highest BCUT2D eigenvalue weighted by Gasteiger charge is 2.22. The summed E-state index contributed by atoms with van der Waals surface area (Å²) in [6.07, 6.45) is 2.19. The summed E-state index contributed by atoms with van der Waals surface area (Å²) in [7, 11) is 1.95. The van der Waals surface area contributed by atoms with Gasteiger partial charge in [-0.05, 0) is 66.7 Å². The minimum atomic E-state index is 0.0681. The molecule has 104 valence electrons. The molecule has 4 nitrogen and oxygen atoms in total. The van der Waals surface area contributed by atoms with Crippen molar-refractivity contribution in [2.75, 3.05) is 26.7 Å². The number of hydrogen-bond acceptors (Lipinski definition) is 3. The molecule has 1 saturated heterocycles. The van der Waals surface area contributed by atoms with Crippen LogP contribution < -0.4 is 10.1 Å². The minimum Gasteiger partial charge on any atom is -0.484 e. The molecule has 1 aliphatic heterocycles. The first-order chi connectivity index (χ1) is 9.19. The number of likely N-dealkylation sites (N-methyl/N-ethyl adjacent to an activating group) is 1. The van der Waals surface area contributed by atoms with Gasteiger partial charge in [-0.1, -0.05) is 0 Å². The number of carbonyl (C=O) groups excluding carboxylic acids is 1. The third kappa shape index (κ3) is 4.35. The van der Waals surface area contributed by atoms with Crippen LogP contribution in [0.15, 0.2) is 24.3 Å². The van der Waals surface area contributed by atoms with Crippen molar-refractivity contribution in [1.29, 1.82) is 0 Å². The van der Waals surface area contributed by atoms with E-state index >= 15 is 0 Å². The van der Waals surface area contributed by atoms with Crippen LogP contribution >= 0.6 is 22.6 Å². The van der Waals surface area contributed by atoms with E-state index in [2.05, 4.69) is 27.9 Å². The van der Waals surface area contributed by atoms with E-state index in [9.17, 15) is 4.79 Å². The number of piperidine rings is 1. The second kappa shape index (κ2) is 7.09. The fourth-order valence-corrected chi connectivity index (χ4v) is 2.57. The van der Waals surface area contributed by atoms with Gasteiger partial charge in [-0.15, -0.1) is 0 Å². The zero-order valence-corrected chi connectivity index (χ0v) is 13.2. The molecule has 0 aliphatic carbocycles. The highest BCUT2D eigenvalue weighted by molar-refractivity contribution is 14.1. The number of benzene rings is 1. The van der Waals surface area contributed by atoms with Crippen molar-refractivity contribution in [1.82, 2.24) is 10.2 Å². The van der Waals surface area contributed by atoms with Gasteiger partial charge < -0.3 is 15.0 Å². The number of likely N-dealkylation sites (tertiary alicyclic amines) is 1. The molecule has 1 fully saturated rings. The van der Waals surface area contributed by atoms with Crippen LogP contribution in [0.2, 0.25) is 0 Å². The number of carbonyl (C=O) groups is 1. The topological polar surface area (TPSA) is 41.6 Å². The molecule has 2 rings (SSSR count). The zero-order valence-electron chi connectivity index (χ0n) is 11.1. The molecule has 1 aromatic rings. The Labute approximate surface area is 127 Å². The number of amides is 1. The van der Waals surface area contributed by atoms with Gasteiger partial charge in [0.2, 0.25) is 0 Å². The molecule has 19 heavy (non-hydrogen) atoms. The molecule has 0 bridgehead atoms. The highest BCUT2D eigenvalue weighted by atomic mass is 127. The summed E-state index contributed by atoms with van der Waals surface area (Å²) < 4.78 is 6.69. The Hall–Kier alpha value is -0.820. The number of rotatable bonds is 4. The lowest BCUT2D eigenvalue weighted by atomic mass is 10.1. The summed E-state index contributed by atoms with van der Waals surface area (Å²) in [5, 5.41) is 3.23. The maximum absolute atomic E-state index is 12.1. The molecule has 1 N–H and O–H groups in total. The fourth-order valence-electron chi connectivity index (χ4n) is 2.21. The third-order valence-corrected chi connectivity index (χ3v) is 4.08. The van der Waals surface area contributed by atoms with E-state index in [1.54, 1.807) is 0 Å². The van der Waals surface area contributed by atoms with Crippen molar-refractivity contribution in [3.05, 3.63) is 27.8 Å².